The van der Waals surface area contributed by atoms with Gasteiger partial charge in [0.1, 0.15) is 0 Å². The lowest BCUT2D eigenvalue weighted by Gasteiger charge is -2.27. The Bertz CT molecular complexity index is 597. The molecule has 1 aliphatic carbocycles. The van der Waals surface area contributed by atoms with Crippen molar-refractivity contribution in [1.29, 1.82) is 0 Å². The molecule has 110 valence electrons. The van der Waals surface area contributed by atoms with Crippen LogP contribution in [-0.4, -0.2) is 39.0 Å². The van der Waals surface area contributed by atoms with Gasteiger partial charge in [-0.15, -0.1) is 0 Å². The Labute approximate surface area is 119 Å². The summed E-state index contributed by atoms with van der Waals surface area (Å²) in [5.41, 5.74) is 8.66. The van der Waals surface area contributed by atoms with E-state index in [2.05, 4.69) is 4.72 Å². The van der Waals surface area contributed by atoms with Crippen molar-refractivity contribution in [3.05, 3.63) is 29.3 Å². The Hall–Kier alpha value is -1.15. The second kappa shape index (κ2) is 5.33. The van der Waals surface area contributed by atoms with Crippen LogP contribution in [0.3, 0.4) is 0 Å². The van der Waals surface area contributed by atoms with Gasteiger partial charge in [-0.25, -0.2) is 0 Å². The van der Waals surface area contributed by atoms with Crippen molar-refractivity contribution in [1.82, 2.24) is 9.03 Å². The Balaban J connectivity index is 1.76. The molecule has 1 unspecified atom stereocenters. The predicted octanol–water partition coefficient (Wildman–Crippen LogP) is 0.423. The number of fused-ring (bicyclic) bond motifs is 1. The van der Waals surface area contributed by atoms with E-state index in [0.717, 1.165) is 29.7 Å². The monoisotopic (exact) mass is 297 g/mol. The fourth-order valence-corrected chi connectivity index (χ4v) is 4.18. The average Bonchev–Trinajstić information content (AvgIpc) is 2.81. The van der Waals surface area contributed by atoms with Crippen LogP contribution in [0.5, 0.6) is 0 Å². The smallest absolute Gasteiger partial charge is 0.280 e. The topological polar surface area (TPSA) is 84.7 Å². The molecular formula is C13H19N3O3S. The predicted molar refractivity (Wildman–Crippen MR) is 76.4 cm³/mol. The second-order valence-electron chi connectivity index (χ2n) is 5.18. The molecule has 3 N–H and O–H groups in total. The van der Waals surface area contributed by atoms with Crippen LogP contribution < -0.4 is 10.5 Å². The number of nitrogen functional groups attached to an aromatic ring is 1. The lowest BCUT2D eigenvalue weighted by molar-refractivity contribution is 0.0723. The molecule has 1 aliphatic heterocycles. The molecule has 20 heavy (non-hydrogen) atoms. The summed E-state index contributed by atoms with van der Waals surface area (Å²) in [6.45, 7) is 1.74. The van der Waals surface area contributed by atoms with E-state index in [9.17, 15) is 8.42 Å². The second-order valence-corrected chi connectivity index (χ2v) is 6.89. The third-order valence-corrected chi connectivity index (χ3v) is 5.47. The molecule has 0 aromatic heterocycles. The number of nitrogens with two attached hydrogens (primary N) is 1. The van der Waals surface area contributed by atoms with Crippen molar-refractivity contribution >= 4 is 15.9 Å². The Morgan fingerprint density at radius 3 is 2.80 bits per heavy atom. The molecular weight excluding hydrogens is 278 g/mol. The van der Waals surface area contributed by atoms with Crippen molar-refractivity contribution in [3.63, 3.8) is 0 Å². The number of hydrogen-bond donors (Lipinski definition) is 2. The molecule has 1 fully saturated rings. The number of nitrogens with one attached hydrogen (secondary N) is 1. The number of aryl methyl sites for hydroxylation is 1. The molecule has 0 amide bonds. The molecule has 0 spiro atoms. The van der Waals surface area contributed by atoms with Gasteiger partial charge in [-0.3, -0.25) is 0 Å². The number of morpholine rings is 1. The fraction of sp³-hybridized carbons (Fsp3) is 0.538. The van der Waals surface area contributed by atoms with E-state index in [1.165, 1.54) is 4.31 Å². The first-order valence-corrected chi connectivity index (χ1v) is 8.24. The molecule has 1 heterocycles. The highest BCUT2D eigenvalue weighted by Gasteiger charge is 2.30. The van der Waals surface area contributed by atoms with Crippen LogP contribution in [0.25, 0.3) is 0 Å². The first kappa shape index (κ1) is 13.8. The number of nitrogens with zero attached hydrogens (tertiary/aromatic N) is 1. The number of anilines is 1. The quantitative estimate of drug-likeness (QED) is 0.792. The number of rotatable bonds is 3. The third-order valence-electron chi connectivity index (χ3n) is 3.85. The van der Waals surface area contributed by atoms with Gasteiger partial charge in [-0.2, -0.15) is 17.4 Å². The van der Waals surface area contributed by atoms with Gasteiger partial charge < -0.3 is 10.5 Å². The SMILES string of the molecule is Nc1ccc2c(c1)CCC2NS(=O)(=O)N1CCOCC1. The van der Waals surface area contributed by atoms with Crippen LogP contribution in [0.15, 0.2) is 18.2 Å². The Morgan fingerprint density at radius 1 is 1.30 bits per heavy atom. The normalized spacial score (nSPS) is 23.7. The molecule has 6 nitrogen and oxygen atoms in total. The molecule has 1 aromatic carbocycles. The molecule has 1 saturated heterocycles. The maximum Gasteiger partial charge on any atom is 0.280 e. The zero-order valence-corrected chi connectivity index (χ0v) is 12.0. The maximum atomic E-state index is 12.4. The summed E-state index contributed by atoms with van der Waals surface area (Å²) >= 11 is 0. The molecule has 0 saturated carbocycles. The molecule has 2 aliphatic rings. The molecule has 7 heteroatoms. The lowest BCUT2D eigenvalue weighted by Crippen LogP contribution is -2.47. The van der Waals surface area contributed by atoms with Crippen LogP contribution in [0.4, 0.5) is 5.69 Å². The summed E-state index contributed by atoms with van der Waals surface area (Å²) in [7, 11) is -3.45. The number of ether oxygens (including phenoxy) is 1. The number of hydrogen-bond acceptors (Lipinski definition) is 4. The summed E-state index contributed by atoms with van der Waals surface area (Å²) in [6, 6.07) is 5.52. The minimum absolute atomic E-state index is 0.154. The first-order chi connectivity index (χ1) is 9.56. The largest absolute Gasteiger partial charge is 0.399 e. The van der Waals surface area contributed by atoms with E-state index in [-0.39, 0.29) is 6.04 Å². The standard InChI is InChI=1S/C13H19N3O3S/c14-11-2-3-12-10(9-11)1-4-13(12)15-20(17,18)16-5-7-19-8-6-16/h2-3,9,13,15H,1,4-8,14H2. The minimum atomic E-state index is -3.45. The molecule has 0 radical (unpaired) electrons. The van der Waals surface area contributed by atoms with Gasteiger partial charge in [-0.1, -0.05) is 6.07 Å². The van der Waals surface area contributed by atoms with Gasteiger partial charge in [0, 0.05) is 24.8 Å². The fourth-order valence-electron chi connectivity index (χ4n) is 2.80. The van der Waals surface area contributed by atoms with Crippen LogP contribution in [0, 0.1) is 0 Å². The lowest BCUT2D eigenvalue weighted by atomic mass is 10.1. The average molecular weight is 297 g/mol. The summed E-state index contributed by atoms with van der Waals surface area (Å²) in [6.07, 6.45) is 1.64. The highest BCUT2D eigenvalue weighted by molar-refractivity contribution is 7.87. The van der Waals surface area contributed by atoms with E-state index in [1.54, 1.807) is 0 Å². The zero-order chi connectivity index (χ0) is 14.2. The van der Waals surface area contributed by atoms with Crippen LogP contribution >= 0.6 is 0 Å². The highest BCUT2D eigenvalue weighted by Crippen LogP contribution is 2.33. The maximum absolute atomic E-state index is 12.4. The van der Waals surface area contributed by atoms with Crippen molar-refractivity contribution in [2.24, 2.45) is 0 Å². The van der Waals surface area contributed by atoms with Crippen molar-refractivity contribution in [2.45, 2.75) is 18.9 Å². The van der Waals surface area contributed by atoms with E-state index < -0.39 is 10.2 Å². The first-order valence-electron chi connectivity index (χ1n) is 6.80. The number of benzene rings is 1. The molecule has 1 atom stereocenters. The van der Waals surface area contributed by atoms with Gasteiger partial charge in [0.2, 0.25) is 0 Å². The van der Waals surface area contributed by atoms with E-state index in [1.807, 2.05) is 18.2 Å². The zero-order valence-electron chi connectivity index (χ0n) is 11.2. The highest BCUT2D eigenvalue weighted by atomic mass is 32.2. The van der Waals surface area contributed by atoms with Gasteiger partial charge in [0.05, 0.1) is 13.2 Å². The van der Waals surface area contributed by atoms with Crippen molar-refractivity contribution in [2.75, 3.05) is 32.0 Å². The van der Waals surface area contributed by atoms with Crippen LogP contribution in [0.2, 0.25) is 0 Å². The van der Waals surface area contributed by atoms with Crippen molar-refractivity contribution in [3.8, 4) is 0 Å². The third kappa shape index (κ3) is 2.67. The summed E-state index contributed by atoms with van der Waals surface area (Å²) < 4.78 is 34.1. The van der Waals surface area contributed by atoms with E-state index >= 15 is 0 Å². The van der Waals surface area contributed by atoms with Gasteiger partial charge >= 0.3 is 0 Å². The molecule has 1 aromatic rings. The van der Waals surface area contributed by atoms with Crippen molar-refractivity contribution < 1.29 is 13.2 Å². The Morgan fingerprint density at radius 2 is 2.05 bits per heavy atom. The van der Waals surface area contributed by atoms with Crippen LogP contribution in [0.1, 0.15) is 23.6 Å². The van der Waals surface area contributed by atoms with Gasteiger partial charge in [-0.05, 0) is 36.1 Å². The summed E-state index contributed by atoms with van der Waals surface area (Å²) in [5.74, 6) is 0. The Kier molecular flexibility index (Phi) is 3.68. The van der Waals surface area contributed by atoms with Gasteiger partial charge in [0.15, 0.2) is 0 Å². The van der Waals surface area contributed by atoms with Crippen LogP contribution in [-0.2, 0) is 21.4 Å². The minimum Gasteiger partial charge on any atom is -0.399 e. The molecule has 3 rings (SSSR count). The van der Waals surface area contributed by atoms with E-state index in [0.29, 0.717) is 26.3 Å². The van der Waals surface area contributed by atoms with E-state index in [4.69, 9.17) is 10.5 Å². The summed E-state index contributed by atoms with van der Waals surface area (Å²) in [5, 5.41) is 0. The summed E-state index contributed by atoms with van der Waals surface area (Å²) in [4.78, 5) is 0. The van der Waals surface area contributed by atoms with Gasteiger partial charge in [0.25, 0.3) is 10.2 Å². The molecule has 0 bridgehead atoms.